The molecule has 0 aliphatic carbocycles. The Balaban J connectivity index is 2.51. The van der Waals surface area contributed by atoms with Gasteiger partial charge in [0.15, 0.2) is 6.29 Å². The van der Waals surface area contributed by atoms with Gasteiger partial charge in [0.05, 0.1) is 25.4 Å². The van der Waals surface area contributed by atoms with Gasteiger partial charge in [-0.15, -0.1) is 0 Å². The first-order valence-corrected chi connectivity index (χ1v) is 18.8. The van der Waals surface area contributed by atoms with E-state index in [1.54, 1.807) is 0 Å². The van der Waals surface area contributed by atoms with E-state index in [2.05, 4.69) is 19.2 Å². The molecule has 0 radical (unpaired) electrons. The molecule has 46 heavy (non-hydrogen) atoms. The van der Waals surface area contributed by atoms with E-state index in [4.69, 9.17) is 9.47 Å². The maximum atomic E-state index is 12.9. The van der Waals surface area contributed by atoms with Crippen LogP contribution in [0, 0.1) is 0 Å². The Bertz CT molecular complexity index is 713. The normalized spacial score (nSPS) is 23.7. The van der Waals surface area contributed by atoms with Gasteiger partial charge >= 0.3 is 0 Å². The average Bonchev–Trinajstić information content (AvgIpc) is 3.05. The van der Waals surface area contributed by atoms with Crippen LogP contribution in [0.25, 0.3) is 0 Å². The average molecular weight is 662 g/mol. The molecule has 1 fully saturated rings. The molecule has 10 heteroatoms. The molecule has 0 aromatic rings. The molecule has 2 unspecified atom stereocenters. The molecule has 0 bridgehead atoms. The molecule has 1 rings (SSSR count). The number of ether oxygens (including phenoxy) is 2. The molecule has 1 saturated heterocycles. The number of nitrogens with one attached hydrogen (secondary N) is 1. The highest BCUT2D eigenvalue weighted by molar-refractivity contribution is 5.76. The van der Waals surface area contributed by atoms with Crippen molar-refractivity contribution < 1.29 is 44.9 Å². The fraction of sp³-hybridized carbons (Fsp3) is 0.972. The van der Waals surface area contributed by atoms with Gasteiger partial charge in [-0.3, -0.25) is 4.79 Å². The van der Waals surface area contributed by atoms with Crippen molar-refractivity contribution in [1.29, 1.82) is 0 Å². The molecular weight excluding hydrogens is 590 g/mol. The Morgan fingerprint density at radius 1 is 0.674 bits per heavy atom. The summed E-state index contributed by atoms with van der Waals surface area (Å²) in [6.07, 6.45) is 15.5. The molecule has 1 heterocycles. The number of carbonyl (C=O) groups excluding carboxylic acids is 1. The number of aliphatic hydroxyl groups is 6. The second-order valence-electron chi connectivity index (χ2n) is 13.5. The fourth-order valence-electron chi connectivity index (χ4n) is 6.14. The van der Waals surface area contributed by atoms with Crippen molar-refractivity contribution in [1.82, 2.24) is 5.32 Å². The number of amides is 1. The number of hydrogen-bond donors (Lipinski definition) is 7. The van der Waals surface area contributed by atoms with Crippen LogP contribution < -0.4 is 5.32 Å². The van der Waals surface area contributed by atoms with E-state index in [1.165, 1.54) is 83.5 Å². The lowest BCUT2D eigenvalue weighted by Gasteiger charge is -2.40. The maximum Gasteiger partial charge on any atom is 0.220 e. The molecule has 0 saturated carbocycles. The van der Waals surface area contributed by atoms with E-state index in [0.29, 0.717) is 6.42 Å². The van der Waals surface area contributed by atoms with Crippen LogP contribution in [0.5, 0.6) is 0 Å². The third kappa shape index (κ3) is 19.2. The van der Waals surface area contributed by atoms with Gasteiger partial charge in [0.25, 0.3) is 0 Å². The van der Waals surface area contributed by atoms with Crippen LogP contribution in [0.4, 0.5) is 0 Å². The minimum atomic E-state index is -1.60. The second kappa shape index (κ2) is 28.0. The molecule has 0 aromatic carbocycles. The number of carbonyl (C=O) groups is 1. The van der Waals surface area contributed by atoms with Crippen molar-refractivity contribution in [2.45, 2.75) is 210 Å². The molecule has 7 N–H and O–H groups in total. The first kappa shape index (κ1) is 43.2. The van der Waals surface area contributed by atoms with Crippen molar-refractivity contribution >= 4 is 5.91 Å². The summed E-state index contributed by atoms with van der Waals surface area (Å²) >= 11 is 0. The third-order valence-electron chi connectivity index (χ3n) is 9.30. The van der Waals surface area contributed by atoms with Crippen molar-refractivity contribution in [3.63, 3.8) is 0 Å². The van der Waals surface area contributed by atoms with Gasteiger partial charge < -0.3 is 45.4 Å². The summed E-state index contributed by atoms with van der Waals surface area (Å²) in [5, 5.41) is 64.6. The number of hydrogen-bond acceptors (Lipinski definition) is 9. The topological polar surface area (TPSA) is 169 Å². The summed E-state index contributed by atoms with van der Waals surface area (Å²) in [7, 11) is 0. The second-order valence-corrected chi connectivity index (χ2v) is 13.5. The van der Waals surface area contributed by atoms with E-state index < -0.39 is 55.6 Å². The van der Waals surface area contributed by atoms with E-state index in [1.807, 2.05) is 0 Å². The van der Waals surface area contributed by atoms with E-state index >= 15 is 0 Å². The van der Waals surface area contributed by atoms with Gasteiger partial charge in [-0.2, -0.15) is 0 Å². The van der Waals surface area contributed by atoms with Crippen molar-refractivity contribution in [3.05, 3.63) is 0 Å². The van der Waals surface area contributed by atoms with Gasteiger partial charge in [0.1, 0.15) is 30.5 Å². The molecule has 8 atom stereocenters. The molecule has 274 valence electrons. The standard InChI is InChI=1S/C36H71NO9/c1-3-5-7-9-11-13-14-15-17-19-21-23-25-31(40)37-28(27-45-36-35(44)34(43)33(42)30(26-38)46-36)32(41)29(39)24-22-20-18-16-12-10-8-6-4-2/h28-30,32-36,38-39,41-44H,3-27H2,1-2H3,(H,37,40)/t28-,29+,30+,32-,33+,34?,35?,36+/m0/s1. The Hall–Kier alpha value is -0.850. The minimum absolute atomic E-state index is 0.260. The van der Waals surface area contributed by atoms with Crippen molar-refractivity contribution in [3.8, 4) is 0 Å². The molecule has 10 nitrogen and oxygen atoms in total. The Morgan fingerprint density at radius 2 is 1.13 bits per heavy atom. The van der Waals surface area contributed by atoms with Crippen molar-refractivity contribution in [2.24, 2.45) is 0 Å². The highest BCUT2D eigenvalue weighted by Gasteiger charge is 2.44. The minimum Gasteiger partial charge on any atom is -0.394 e. The third-order valence-corrected chi connectivity index (χ3v) is 9.30. The summed E-state index contributed by atoms with van der Waals surface area (Å²) in [6, 6.07) is -0.981. The fourth-order valence-corrected chi connectivity index (χ4v) is 6.14. The molecule has 1 aliphatic heterocycles. The van der Waals surface area contributed by atoms with Crippen LogP contribution >= 0.6 is 0 Å². The first-order chi connectivity index (χ1) is 22.3. The number of unbranched alkanes of at least 4 members (excludes halogenated alkanes) is 19. The summed E-state index contributed by atoms with van der Waals surface area (Å²) in [4.78, 5) is 12.9. The highest BCUT2D eigenvalue weighted by atomic mass is 16.7. The summed E-state index contributed by atoms with van der Waals surface area (Å²) in [6.45, 7) is 3.54. The van der Waals surface area contributed by atoms with Crippen LogP contribution in [0.15, 0.2) is 0 Å². The van der Waals surface area contributed by atoms with Crippen LogP contribution in [0.3, 0.4) is 0 Å². The van der Waals surface area contributed by atoms with Gasteiger partial charge in [-0.05, 0) is 12.8 Å². The number of aliphatic hydroxyl groups excluding tert-OH is 6. The zero-order valence-electron chi connectivity index (χ0n) is 29.2. The quantitative estimate of drug-likeness (QED) is 0.0523. The lowest BCUT2D eigenvalue weighted by atomic mass is 9.98. The monoisotopic (exact) mass is 662 g/mol. The van der Waals surface area contributed by atoms with E-state index in [0.717, 1.165) is 51.4 Å². The molecule has 0 spiro atoms. The molecule has 1 aliphatic rings. The van der Waals surface area contributed by atoms with Crippen LogP contribution in [0.2, 0.25) is 0 Å². The van der Waals surface area contributed by atoms with Crippen LogP contribution in [-0.2, 0) is 14.3 Å². The Labute approximate surface area is 279 Å². The number of rotatable bonds is 30. The molecular formula is C36H71NO9. The van der Waals surface area contributed by atoms with E-state index in [9.17, 15) is 35.4 Å². The van der Waals surface area contributed by atoms with Gasteiger partial charge in [0.2, 0.25) is 5.91 Å². The molecule has 0 aromatic heterocycles. The Kier molecular flexibility index (Phi) is 26.3. The molecule has 1 amide bonds. The smallest absolute Gasteiger partial charge is 0.220 e. The lowest BCUT2D eigenvalue weighted by Crippen LogP contribution is -2.60. The summed E-state index contributed by atoms with van der Waals surface area (Å²) < 4.78 is 11.1. The zero-order valence-corrected chi connectivity index (χ0v) is 29.2. The largest absolute Gasteiger partial charge is 0.394 e. The predicted molar refractivity (Wildman–Crippen MR) is 181 cm³/mol. The van der Waals surface area contributed by atoms with E-state index in [-0.39, 0.29) is 18.9 Å². The van der Waals surface area contributed by atoms with Crippen molar-refractivity contribution in [2.75, 3.05) is 13.2 Å². The maximum absolute atomic E-state index is 12.9. The lowest BCUT2D eigenvalue weighted by molar-refractivity contribution is -0.303. The van der Waals surface area contributed by atoms with Crippen LogP contribution in [-0.4, -0.2) is 98.7 Å². The predicted octanol–water partition coefficient (Wildman–Crippen LogP) is 5.02. The SMILES string of the molecule is CCCCCCCCCCCCCCC(=O)N[C@@H](CO[C@@H]1O[C@H](CO)[C@@H](O)C(O)C1O)[C@H](O)[C@H](O)CCCCCCCCCCC. The van der Waals surface area contributed by atoms with Gasteiger partial charge in [-0.1, -0.05) is 142 Å². The first-order valence-electron chi connectivity index (χ1n) is 18.8. The zero-order chi connectivity index (χ0) is 34.0. The van der Waals surface area contributed by atoms with Crippen LogP contribution in [0.1, 0.15) is 162 Å². The highest BCUT2D eigenvalue weighted by Crippen LogP contribution is 2.23. The Morgan fingerprint density at radius 3 is 1.61 bits per heavy atom. The van der Waals surface area contributed by atoms with Gasteiger partial charge in [-0.25, -0.2) is 0 Å². The summed E-state index contributed by atoms with van der Waals surface area (Å²) in [5.41, 5.74) is 0. The van der Waals surface area contributed by atoms with Gasteiger partial charge in [0, 0.05) is 6.42 Å². The summed E-state index contributed by atoms with van der Waals surface area (Å²) in [5.74, 6) is -0.260.